The van der Waals surface area contributed by atoms with Crippen LogP contribution in [0, 0.1) is 11.6 Å². The average Bonchev–Trinajstić information content (AvgIpc) is 2.51. The summed E-state index contributed by atoms with van der Waals surface area (Å²) in [5.74, 6) is -2.05. The number of halogens is 2. The summed E-state index contributed by atoms with van der Waals surface area (Å²) in [4.78, 5) is 10.8. The summed E-state index contributed by atoms with van der Waals surface area (Å²) >= 11 is 0. The Morgan fingerprint density at radius 2 is 1.73 bits per heavy atom. The van der Waals surface area contributed by atoms with E-state index in [9.17, 15) is 13.6 Å². The quantitative estimate of drug-likeness (QED) is 0.369. The molecule has 0 saturated carbocycles. The van der Waals surface area contributed by atoms with Gasteiger partial charge in [-0.1, -0.05) is 13.5 Å². The highest BCUT2D eigenvalue weighted by molar-refractivity contribution is 5.81. The lowest BCUT2D eigenvalue weighted by Crippen LogP contribution is -2.04. The van der Waals surface area contributed by atoms with Gasteiger partial charge in [-0.3, -0.25) is 0 Å². The van der Waals surface area contributed by atoms with Crippen molar-refractivity contribution in [1.82, 2.24) is 0 Å². The maximum atomic E-state index is 13.7. The molecule has 1 rings (SSSR count). The van der Waals surface area contributed by atoms with Gasteiger partial charge < -0.3 is 9.47 Å². The highest BCUT2D eigenvalue weighted by Gasteiger charge is 2.11. The predicted octanol–water partition coefficient (Wildman–Crippen LogP) is 4.20. The van der Waals surface area contributed by atoms with E-state index in [0.717, 1.165) is 25.3 Å². The first kappa shape index (κ1) is 18.1. The number of hydrogen-bond donors (Lipinski definition) is 0. The second-order valence-corrected chi connectivity index (χ2v) is 4.88. The van der Waals surface area contributed by atoms with Gasteiger partial charge in [0.25, 0.3) is 0 Å². The number of esters is 1. The van der Waals surface area contributed by atoms with Gasteiger partial charge in [0.15, 0.2) is 17.4 Å². The fourth-order valence-corrected chi connectivity index (χ4v) is 1.92. The summed E-state index contributed by atoms with van der Waals surface area (Å²) in [5.41, 5.74) is 0.608. The van der Waals surface area contributed by atoms with Gasteiger partial charge in [-0.05, 0) is 49.8 Å². The number of carbonyl (C=O) groups is 1. The van der Waals surface area contributed by atoms with E-state index in [1.54, 1.807) is 0 Å². The van der Waals surface area contributed by atoms with Crippen LogP contribution in [0.15, 0.2) is 24.8 Å². The van der Waals surface area contributed by atoms with E-state index >= 15 is 0 Å². The molecule has 0 saturated heterocycles. The maximum Gasteiger partial charge on any atom is 0.330 e. The molecule has 0 N–H and O–H groups in total. The van der Waals surface area contributed by atoms with E-state index in [1.807, 2.05) is 6.92 Å². The Morgan fingerprint density at radius 1 is 1.14 bits per heavy atom. The van der Waals surface area contributed by atoms with Crippen molar-refractivity contribution in [3.05, 3.63) is 42.0 Å². The number of unbranched alkanes of at least 4 members (excludes halogenated alkanes) is 3. The third kappa shape index (κ3) is 6.24. The molecular formula is C17H22F2O3. The van der Waals surface area contributed by atoms with Crippen LogP contribution in [0.3, 0.4) is 0 Å². The SMILES string of the molecule is C=CC(=O)OCCCCCCOc1c(F)cc(CC)cc1F. The van der Waals surface area contributed by atoms with E-state index in [0.29, 0.717) is 25.0 Å². The van der Waals surface area contributed by atoms with Crippen molar-refractivity contribution >= 4 is 5.97 Å². The first-order valence-electron chi connectivity index (χ1n) is 7.48. The van der Waals surface area contributed by atoms with E-state index in [4.69, 9.17) is 9.47 Å². The Hall–Kier alpha value is -1.91. The van der Waals surface area contributed by atoms with Crippen LogP contribution in [0.1, 0.15) is 38.2 Å². The van der Waals surface area contributed by atoms with Crippen molar-refractivity contribution in [2.45, 2.75) is 39.0 Å². The third-order valence-electron chi connectivity index (χ3n) is 3.16. The van der Waals surface area contributed by atoms with Gasteiger partial charge in [0.05, 0.1) is 13.2 Å². The third-order valence-corrected chi connectivity index (χ3v) is 3.16. The van der Waals surface area contributed by atoms with Crippen molar-refractivity contribution in [3.63, 3.8) is 0 Å². The minimum atomic E-state index is -0.659. The molecule has 0 aliphatic heterocycles. The highest BCUT2D eigenvalue weighted by Crippen LogP contribution is 2.23. The van der Waals surface area contributed by atoms with Gasteiger partial charge in [0.1, 0.15) is 0 Å². The molecule has 0 spiro atoms. The highest BCUT2D eigenvalue weighted by atomic mass is 19.1. The molecule has 0 amide bonds. The van der Waals surface area contributed by atoms with Gasteiger partial charge in [-0.2, -0.15) is 0 Å². The minimum Gasteiger partial charge on any atom is -0.488 e. The zero-order chi connectivity index (χ0) is 16.4. The maximum absolute atomic E-state index is 13.7. The lowest BCUT2D eigenvalue weighted by atomic mass is 10.1. The molecule has 0 bridgehead atoms. The summed E-state index contributed by atoms with van der Waals surface area (Å²) in [6, 6.07) is 2.60. The second-order valence-electron chi connectivity index (χ2n) is 4.88. The van der Waals surface area contributed by atoms with E-state index in [-0.39, 0.29) is 12.4 Å². The molecule has 0 fully saturated rings. The molecule has 22 heavy (non-hydrogen) atoms. The predicted molar refractivity (Wildman–Crippen MR) is 80.9 cm³/mol. The van der Waals surface area contributed by atoms with Gasteiger partial charge in [0.2, 0.25) is 0 Å². The fraction of sp³-hybridized carbons (Fsp3) is 0.471. The number of hydrogen-bond acceptors (Lipinski definition) is 3. The van der Waals surface area contributed by atoms with Crippen molar-refractivity contribution in [2.75, 3.05) is 13.2 Å². The number of rotatable bonds is 10. The van der Waals surface area contributed by atoms with E-state index < -0.39 is 17.6 Å². The molecule has 0 unspecified atom stereocenters. The second kappa shape index (κ2) is 9.92. The Balaban J connectivity index is 2.20. The summed E-state index contributed by atoms with van der Waals surface area (Å²) in [7, 11) is 0. The fourth-order valence-electron chi connectivity index (χ4n) is 1.92. The Morgan fingerprint density at radius 3 is 2.27 bits per heavy atom. The summed E-state index contributed by atoms with van der Waals surface area (Å²) in [6.45, 7) is 5.75. The van der Waals surface area contributed by atoms with Crippen molar-refractivity contribution < 1.29 is 23.0 Å². The van der Waals surface area contributed by atoms with Crippen LogP contribution in [0.25, 0.3) is 0 Å². The molecule has 5 heteroatoms. The van der Waals surface area contributed by atoms with Gasteiger partial charge >= 0.3 is 5.97 Å². The lowest BCUT2D eigenvalue weighted by molar-refractivity contribution is -0.137. The van der Waals surface area contributed by atoms with Gasteiger partial charge in [-0.15, -0.1) is 0 Å². The average molecular weight is 312 g/mol. The molecule has 0 heterocycles. The number of aryl methyl sites for hydroxylation is 1. The first-order chi connectivity index (χ1) is 10.6. The zero-order valence-electron chi connectivity index (χ0n) is 12.9. The van der Waals surface area contributed by atoms with Crippen LogP contribution >= 0.6 is 0 Å². The number of benzene rings is 1. The molecular weight excluding hydrogens is 290 g/mol. The van der Waals surface area contributed by atoms with Crippen molar-refractivity contribution in [2.24, 2.45) is 0 Å². The zero-order valence-corrected chi connectivity index (χ0v) is 12.9. The van der Waals surface area contributed by atoms with Crippen LogP contribution in [0.2, 0.25) is 0 Å². The molecule has 0 atom stereocenters. The molecule has 0 aliphatic carbocycles. The Labute approximate surface area is 129 Å². The molecule has 3 nitrogen and oxygen atoms in total. The minimum absolute atomic E-state index is 0.256. The summed E-state index contributed by atoms with van der Waals surface area (Å²) < 4.78 is 37.3. The van der Waals surface area contributed by atoms with E-state index in [2.05, 4.69) is 6.58 Å². The normalized spacial score (nSPS) is 10.3. The molecule has 0 aromatic heterocycles. The van der Waals surface area contributed by atoms with Crippen molar-refractivity contribution in [3.8, 4) is 5.75 Å². The molecule has 122 valence electrons. The van der Waals surface area contributed by atoms with Crippen molar-refractivity contribution in [1.29, 1.82) is 0 Å². The Kier molecular flexibility index (Phi) is 8.18. The van der Waals surface area contributed by atoms with Gasteiger partial charge in [0, 0.05) is 6.08 Å². The smallest absolute Gasteiger partial charge is 0.330 e. The lowest BCUT2D eigenvalue weighted by Gasteiger charge is -2.09. The molecule has 0 aliphatic rings. The monoisotopic (exact) mass is 312 g/mol. The van der Waals surface area contributed by atoms with Crippen LogP contribution in [-0.4, -0.2) is 19.2 Å². The number of carbonyl (C=O) groups excluding carboxylic acids is 1. The summed E-state index contributed by atoms with van der Waals surface area (Å²) in [5, 5.41) is 0. The summed E-state index contributed by atoms with van der Waals surface area (Å²) in [6.07, 6.45) is 4.82. The Bertz CT molecular complexity index is 478. The molecule has 0 radical (unpaired) electrons. The van der Waals surface area contributed by atoms with Gasteiger partial charge in [-0.25, -0.2) is 13.6 Å². The van der Waals surface area contributed by atoms with Crippen LogP contribution in [0.5, 0.6) is 5.75 Å². The topological polar surface area (TPSA) is 35.5 Å². The first-order valence-corrected chi connectivity index (χ1v) is 7.48. The van der Waals surface area contributed by atoms with E-state index in [1.165, 1.54) is 12.1 Å². The molecule has 1 aromatic carbocycles. The standard InChI is InChI=1S/C17H22F2O3/c1-3-13-11-14(18)17(15(19)12-13)22-10-8-6-5-7-9-21-16(20)4-2/h4,11-12H,2-3,5-10H2,1H3. The van der Waals surface area contributed by atoms with Crippen LogP contribution < -0.4 is 4.74 Å². The number of ether oxygens (including phenoxy) is 2. The largest absolute Gasteiger partial charge is 0.488 e. The van der Waals surface area contributed by atoms with Crippen LogP contribution in [-0.2, 0) is 16.0 Å². The molecule has 1 aromatic rings. The van der Waals surface area contributed by atoms with Crippen LogP contribution in [0.4, 0.5) is 8.78 Å².